The Balaban J connectivity index is 2.41. The Bertz CT molecular complexity index is 438. The first-order valence-corrected chi connectivity index (χ1v) is 4.15. The van der Waals surface area contributed by atoms with E-state index in [2.05, 4.69) is 15.0 Å². The Kier molecular flexibility index (Phi) is 2.14. The average Bonchev–Trinajstić information content (AvgIpc) is 2.65. The van der Waals surface area contributed by atoms with Gasteiger partial charge in [0.2, 0.25) is 5.88 Å². The standard InChI is InChI=1S/C9H10N4O/c1-13-5-7(11-6-13)9-10-4-3-8(12-9)14-2/h3-6H,1-2H3. The second-order valence-corrected chi connectivity index (χ2v) is 2.85. The van der Waals surface area contributed by atoms with Crippen molar-refractivity contribution >= 4 is 0 Å². The van der Waals surface area contributed by atoms with Crippen molar-refractivity contribution in [3.05, 3.63) is 24.8 Å². The van der Waals surface area contributed by atoms with Gasteiger partial charge in [0.15, 0.2) is 5.82 Å². The number of hydrogen-bond acceptors (Lipinski definition) is 4. The molecular formula is C9H10N4O. The van der Waals surface area contributed by atoms with Crippen LogP contribution in [-0.4, -0.2) is 26.6 Å². The van der Waals surface area contributed by atoms with Crippen LogP contribution in [0.15, 0.2) is 24.8 Å². The number of methoxy groups -OCH3 is 1. The van der Waals surface area contributed by atoms with Crippen molar-refractivity contribution in [2.24, 2.45) is 7.05 Å². The first-order valence-electron chi connectivity index (χ1n) is 4.15. The molecule has 0 amide bonds. The van der Waals surface area contributed by atoms with E-state index in [-0.39, 0.29) is 0 Å². The number of aromatic nitrogens is 4. The average molecular weight is 190 g/mol. The molecule has 0 N–H and O–H groups in total. The summed E-state index contributed by atoms with van der Waals surface area (Å²) in [7, 11) is 3.47. The lowest BCUT2D eigenvalue weighted by Crippen LogP contribution is -1.92. The zero-order chi connectivity index (χ0) is 9.97. The molecule has 0 bridgehead atoms. The Morgan fingerprint density at radius 2 is 2.21 bits per heavy atom. The van der Waals surface area contributed by atoms with Crippen LogP contribution < -0.4 is 4.74 Å². The molecular weight excluding hydrogens is 180 g/mol. The van der Waals surface area contributed by atoms with E-state index in [0.29, 0.717) is 11.7 Å². The normalized spacial score (nSPS) is 10.1. The van der Waals surface area contributed by atoms with Crippen LogP contribution in [0.3, 0.4) is 0 Å². The van der Waals surface area contributed by atoms with Crippen LogP contribution in [0.2, 0.25) is 0 Å². The number of ether oxygens (including phenoxy) is 1. The summed E-state index contributed by atoms with van der Waals surface area (Å²) in [6, 6.07) is 1.70. The van der Waals surface area contributed by atoms with E-state index in [9.17, 15) is 0 Å². The van der Waals surface area contributed by atoms with Crippen molar-refractivity contribution in [2.45, 2.75) is 0 Å². The Morgan fingerprint density at radius 1 is 1.36 bits per heavy atom. The second-order valence-electron chi connectivity index (χ2n) is 2.85. The maximum atomic E-state index is 5.00. The number of nitrogens with zero attached hydrogens (tertiary/aromatic N) is 4. The molecule has 0 unspecified atom stereocenters. The molecule has 0 fully saturated rings. The fourth-order valence-electron chi connectivity index (χ4n) is 1.11. The summed E-state index contributed by atoms with van der Waals surface area (Å²) in [6.45, 7) is 0. The highest BCUT2D eigenvalue weighted by molar-refractivity contribution is 5.47. The van der Waals surface area contributed by atoms with Gasteiger partial charge in [-0.1, -0.05) is 0 Å². The molecule has 0 aliphatic rings. The fraction of sp³-hybridized carbons (Fsp3) is 0.222. The van der Waals surface area contributed by atoms with Gasteiger partial charge in [-0.25, -0.2) is 9.97 Å². The van der Waals surface area contributed by atoms with Gasteiger partial charge in [-0.05, 0) is 0 Å². The third kappa shape index (κ3) is 1.56. The minimum atomic E-state index is 0.542. The quantitative estimate of drug-likeness (QED) is 0.705. The molecule has 2 heterocycles. The summed E-state index contributed by atoms with van der Waals surface area (Å²) in [6.07, 6.45) is 5.21. The molecule has 2 rings (SSSR count). The molecule has 0 atom stereocenters. The SMILES string of the molecule is COc1ccnc(-c2cn(C)cn2)n1. The van der Waals surface area contributed by atoms with Crippen LogP contribution in [0.25, 0.3) is 11.5 Å². The summed E-state index contributed by atoms with van der Waals surface area (Å²) in [5.74, 6) is 1.12. The van der Waals surface area contributed by atoms with Gasteiger partial charge in [0.1, 0.15) is 5.69 Å². The van der Waals surface area contributed by atoms with Crippen LogP contribution in [0.4, 0.5) is 0 Å². The van der Waals surface area contributed by atoms with Gasteiger partial charge in [-0.2, -0.15) is 4.98 Å². The number of imidazole rings is 1. The van der Waals surface area contributed by atoms with Gasteiger partial charge in [0.05, 0.1) is 13.4 Å². The summed E-state index contributed by atoms with van der Waals surface area (Å²) < 4.78 is 6.84. The molecule has 0 radical (unpaired) electrons. The van der Waals surface area contributed by atoms with Crippen LogP contribution in [0.5, 0.6) is 5.88 Å². The summed E-state index contributed by atoms with van der Waals surface area (Å²) in [5.41, 5.74) is 0.742. The minimum Gasteiger partial charge on any atom is -0.481 e. The molecule has 2 aromatic rings. The van der Waals surface area contributed by atoms with Crippen molar-refractivity contribution in [1.29, 1.82) is 0 Å². The maximum Gasteiger partial charge on any atom is 0.216 e. The highest BCUT2D eigenvalue weighted by Crippen LogP contribution is 2.13. The van der Waals surface area contributed by atoms with Gasteiger partial charge in [0, 0.05) is 25.5 Å². The molecule has 0 saturated heterocycles. The molecule has 0 aliphatic carbocycles. The van der Waals surface area contributed by atoms with E-state index in [0.717, 1.165) is 5.69 Å². The molecule has 0 saturated carbocycles. The van der Waals surface area contributed by atoms with E-state index < -0.39 is 0 Å². The van der Waals surface area contributed by atoms with Gasteiger partial charge >= 0.3 is 0 Å². The topological polar surface area (TPSA) is 52.8 Å². The molecule has 5 nitrogen and oxygen atoms in total. The summed E-state index contributed by atoms with van der Waals surface area (Å²) in [4.78, 5) is 12.4. The van der Waals surface area contributed by atoms with Crippen molar-refractivity contribution in [3.8, 4) is 17.4 Å². The zero-order valence-corrected chi connectivity index (χ0v) is 8.01. The number of hydrogen-bond donors (Lipinski definition) is 0. The van der Waals surface area contributed by atoms with Crippen LogP contribution >= 0.6 is 0 Å². The molecule has 2 aromatic heterocycles. The fourth-order valence-corrected chi connectivity index (χ4v) is 1.11. The van der Waals surface area contributed by atoms with Crippen molar-refractivity contribution in [2.75, 3.05) is 7.11 Å². The predicted molar refractivity (Wildman–Crippen MR) is 50.8 cm³/mol. The molecule has 5 heteroatoms. The smallest absolute Gasteiger partial charge is 0.216 e. The first-order chi connectivity index (χ1) is 6.79. The van der Waals surface area contributed by atoms with Crippen molar-refractivity contribution in [3.63, 3.8) is 0 Å². The molecule has 72 valence electrons. The lowest BCUT2D eigenvalue weighted by Gasteiger charge is -1.98. The molecule has 0 aliphatic heterocycles. The highest BCUT2D eigenvalue weighted by Gasteiger charge is 2.04. The second kappa shape index (κ2) is 3.45. The predicted octanol–water partition coefficient (Wildman–Crippen LogP) is 0.886. The van der Waals surface area contributed by atoms with Crippen molar-refractivity contribution < 1.29 is 4.74 Å². The lowest BCUT2D eigenvalue weighted by molar-refractivity contribution is 0.397. The summed E-state index contributed by atoms with van der Waals surface area (Å²) >= 11 is 0. The number of aryl methyl sites for hydroxylation is 1. The zero-order valence-electron chi connectivity index (χ0n) is 8.01. The van der Waals surface area contributed by atoms with Crippen LogP contribution in [-0.2, 0) is 7.05 Å². The van der Waals surface area contributed by atoms with E-state index in [1.807, 2.05) is 17.8 Å². The third-order valence-electron chi connectivity index (χ3n) is 1.77. The van der Waals surface area contributed by atoms with E-state index >= 15 is 0 Å². The third-order valence-corrected chi connectivity index (χ3v) is 1.77. The van der Waals surface area contributed by atoms with Crippen molar-refractivity contribution in [1.82, 2.24) is 19.5 Å². The van der Waals surface area contributed by atoms with E-state index in [1.54, 1.807) is 25.7 Å². The first kappa shape index (κ1) is 8.68. The van der Waals surface area contributed by atoms with E-state index in [4.69, 9.17) is 4.74 Å². The van der Waals surface area contributed by atoms with Crippen LogP contribution in [0.1, 0.15) is 0 Å². The van der Waals surface area contributed by atoms with Gasteiger partial charge in [-0.15, -0.1) is 0 Å². The Morgan fingerprint density at radius 3 is 2.86 bits per heavy atom. The van der Waals surface area contributed by atoms with Crippen LogP contribution in [0, 0.1) is 0 Å². The van der Waals surface area contributed by atoms with Gasteiger partial charge in [0.25, 0.3) is 0 Å². The lowest BCUT2D eigenvalue weighted by atomic mass is 10.4. The minimum absolute atomic E-state index is 0.542. The molecule has 0 aromatic carbocycles. The monoisotopic (exact) mass is 190 g/mol. The number of rotatable bonds is 2. The Labute approximate surface area is 81.4 Å². The summed E-state index contributed by atoms with van der Waals surface area (Å²) in [5, 5.41) is 0. The van der Waals surface area contributed by atoms with E-state index in [1.165, 1.54) is 0 Å². The molecule has 14 heavy (non-hydrogen) atoms. The highest BCUT2D eigenvalue weighted by atomic mass is 16.5. The maximum absolute atomic E-state index is 5.00. The molecule has 0 spiro atoms. The Hall–Kier alpha value is -1.91. The van der Waals surface area contributed by atoms with Gasteiger partial charge in [-0.3, -0.25) is 0 Å². The largest absolute Gasteiger partial charge is 0.481 e. The van der Waals surface area contributed by atoms with Gasteiger partial charge < -0.3 is 9.30 Å².